The first-order valence-corrected chi connectivity index (χ1v) is 32.5. The predicted molar refractivity (Wildman–Crippen MR) is 306 cm³/mol. The second-order valence-electron chi connectivity index (χ2n) is 27.0. The van der Waals surface area contributed by atoms with Crippen molar-refractivity contribution >= 4 is 31.4 Å². The molecule has 2 aromatic rings. The molecule has 6 saturated carbocycles. The summed E-state index contributed by atoms with van der Waals surface area (Å²) in [5.41, 5.74) is 6.23. The van der Waals surface area contributed by atoms with E-state index in [1.165, 1.54) is 140 Å². The number of hydrogen-bond donors (Lipinski definition) is 0. The van der Waals surface area contributed by atoms with E-state index in [9.17, 15) is 8.42 Å². The molecular weight excluding hydrogens is 903 g/mol. The molecule has 8 aliphatic carbocycles. The monoisotopic (exact) mass is 1010 g/mol. The second-order valence-corrected chi connectivity index (χ2v) is 30.2. The van der Waals surface area contributed by atoms with Gasteiger partial charge in [0.2, 0.25) is 14.2 Å². The van der Waals surface area contributed by atoms with Crippen molar-refractivity contribution in [1.29, 1.82) is 0 Å². The summed E-state index contributed by atoms with van der Waals surface area (Å²) < 4.78 is 28.1. The van der Waals surface area contributed by atoms with Gasteiger partial charge in [-0.3, -0.25) is 0 Å². The molecule has 0 unspecified atom stereocenters. The molecule has 0 saturated heterocycles. The Balaban J connectivity index is 0.000000170. The molecule has 0 radical (unpaired) electrons. The fraction of sp³-hybridized carbons (Fsp3) is 0.773. The summed E-state index contributed by atoms with van der Waals surface area (Å²) in [5.74, 6) is 11.1. The number of benzene rings is 1. The lowest BCUT2D eigenvalue weighted by Crippen LogP contribution is -2.50. The highest BCUT2D eigenvalue weighted by atomic mass is 32.2. The highest BCUT2D eigenvalue weighted by Gasteiger charge is 2.61. The van der Waals surface area contributed by atoms with Crippen LogP contribution in [0.1, 0.15) is 212 Å². The Kier molecular flexibility index (Phi) is 17.4. The van der Waals surface area contributed by atoms with Gasteiger partial charge in [0.05, 0.1) is 16.0 Å². The maximum atomic E-state index is 13.4. The van der Waals surface area contributed by atoms with Gasteiger partial charge in [-0.05, 0) is 245 Å². The van der Waals surface area contributed by atoms with E-state index in [-0.39, 0.29) is 17.1 Å². The van der Waals surface area contributed by atoms with Crippen LogP contribution in [0, 0.1) is 105 Å². The molecule has 16 atom stereocenters. The van der Waals surface area contributed by atoms with Crippen LogP contribution >= 0.6 is 11.3 Å². The zero-order valence-corrected chi connectivity index (χ0v) is 49.0. The van der Waals surface area contributed by atoms with Gasteiger partial charge in [-0.25, -0.2) is 13.4 Å². The molecule has 3 nitrogen and oxygen atoms in total. The van der Waals surface area contributed by atoms with Gasteiger partial charge < -0.3 is 0 Å². The fourth-order valence-electron chi connectivity index (χ4n) is 18.7. The average molecular weight is 1010 g/mol. The van der Waals surface area contributed by atoms with E-state index < -0.39 is 9.84 Å². The third-order valence-electron chi connectivity index (χ3n) is 23.3. The molecule has 0 spiro atoms. The van der Waals surface area contributed by atoms with Gasteiger partial charge in [-0.2, -0.15) is 0 Å². The lowest BCUT2D eigenvalue weighted by atomic mass is 9.46. The number of sulfone groups is 1. The Labute approximate surface area is 440 Å². The van der Waals surface area contributed by atoms with Crippen molar-refractivity contribution in [3.63, 3.8) is 0 Å². The van der Waals surface area contributed by atoms with Gasteiger partial charge >= 0.3 is 0 Å². The number of thiazole rings is 1. The average Bonchev–Trinajstić information content (AvgIpc) is 4.07. The second kappa shape index (κ2) is 22.3. The Morgan fingerprint density at radius 3 is 1.66 bits per heavy atom. The van der Waals surface area contributed by atoms with Crippen LogP contribution in [-0.4, -0.2) is 19.2 Å². The minimum absolute atomic E-state index is 0.166. The molecule has 8 aliphatic rings. The third kappa shape index (κ3) is 10.6. The number of nitrogens with zero attached hydrogens (tertiary/aromatic N) is 1. The minimum atomic E-state index is -3.38. The fourth-order valence-corrected chi connectivity index (χ4v) is 21.7. The van der Waals surface area contributed by atoms with E-state index in [1.807, 2.05) is 35.9 Å². The zero-order valence-electron chi connectivity index (χ0n) is 47.4. The van der Waals surface area contributed by atoms with Gasteiger partial charge in [0.15, 0.2) is 0 Å². The molecule has 6 fully saturated rings. The number of para-hydroxylation sites is 1. The Hall–Kier alpha value is -1.98. The van der Waals surface area contributed by atoms with Crippen molar-refractivity contribution in [2.75, 3.05) is 5.75 Å². The number of rotatable bonds is 12. The minimum Gasteiger partial charge on any atom is -0.225 e. The number of hydrogen-bond acceptors (Lipinski definition) is 4. The molecule has 396 valence electrons. The molecule has 0 aliphatic heterocycles. The number of allylic oxidation sites excluding steroid dienone is 7. The van der Waals surface area contributed by atoms with Crippen LogP contribution < -0.4 is 0 Å². The molecule has 1 aromatic heterocycles. The van der Waals surface area contributed by atoms with Crippen LogP contribution in [0.5, 0.6) is 0 Å². The van der Waals surface area contributed by atoms with Crippen LogP contribution in [0.15, 0.2) is 76.7 Å². The lowest BCUT2D eigenvalue weighted by molar-refractivity contribution is -0.0501. The van der Waals surface area contributed by atoms with Crippen molar-refractivity contribution < 1.29 is 8.42 Å². The zero-order chi connectivity index (χ0) is 51.1. The first kappa shape index (κ1) is 55.3. The van der Waals surface area contributed by atoms with E-state index in [4.69, 9.17) is 0 Å². The summed E-state index contributed by atoms with van der Waals surface area (Å²) in [6.07, 6.45) is 39.7. The highest BCUT2D eigenvalue weighted by molar-refractivity contribution is 7.93. The van der Waals surface area contributed by atoms with Crippen molar-refractivity contribution in [3.05, 3.63) is 72.4 Å². The quantitative estimate of drug-likeness (QED) is 0.199. The normalized spacial score (nSPS) is 39.3. The molecule has 5 heteroatoms. The largest absolute Gasteiger partial charge is 0.225 e. The van der Waals surface area contributed by atoms with E-state index >= 15 is 0 Å². The van der Waals surface area contributed by atoms with Gasteiger partial charge in [-0.15, -0.1) is 17.9 Å². The van der Waals surface area contributed by atoms with Gasteiger partial charge in [-0.1, -0.05) is 137 Å². The van der Waals surface area contributed by atoms with Crippen molar-refractivity contribution in [2.45, 2.75) is 216 Å². The SMILES string of the molecule is C=CC(CC)CC.CCC(/C=C/[C@@H](C)[C@H]1CC[C@H]2[C@@H]3CC=C4C[C@@H](C)CC[C@]4(C)[C@H]3CC[C@]12C)CC.C[C@H]1CC[C@@]2(C)C(=CC[C@H]3[C@@H]4CC[C@H]([C@H](C)CS(=O)(=O)c5nc6ccccc6s5)[C@@]4(C)CC[C@@H]32)C1. The first-order valence-electron chi connectivity index (χ1n) is 30.1. The molecule has 1 aromatic carbocycles. The summed E-state index contributed by atoms with van der Waals surface area (Å²) in [6.45, 7) is 32.9. The van der Waals surface area contributed by atoms with Crippen LogP contribution in [0.4, 0.5) is 0 Å². The van der Waals surface area contributed by atoms with Crippen LogP contribution in [-0.2, 0) is 9.84 Å². The van der Waals surface area contributed by atoms with Crippen molar-refractivity contribution in [3.8, 4) is 0 Å². The van der Waals surface area contributed by atoms with E-state index in [2.05, 4.69) is 119 Å². The Bertz CT molecular complexity index is 2300. The molecule has 0 amide bonds. The highest BCUT2D eigenvalue weighted by Crippen LogP contribution is 2.69. The maximum Gasteiger partial charge on any atom is 0.210 e. The van der Waals surface area contributed by atoms with Crippen LogP contribution in [0.25, 0.3) is 10.2 Å². The molecule has 1 heterocycles. The number of aromatic nitrogens is 1. The van der Waals surface area contributed by atoms with Crippen LogP contribution in [0.3, 0.4) is 0 Å². The standard InChI is InChI=1S/C30H41NO2S2.C29H48.C7H14/c1-19-13-15-29(3)21(17-19)9-10-22-24-12-11-23(30(24,4)16-14-25(22)29)20(2)18-35(32,33)28-31-26-7-5-6-8-27(26)34-28;1-7-22(8-2)10-9-21(4)25-13-14-26-24-12-11-23-19-20(3)15-17-28(23,5)27(24)16-18-29(25,26)6;1-4-7(5-2)6-3/h5-9,19-20,22-25H,10-18H2,1-4H3;9-11,20-22,24-27H,7-8,12-19H2,1-6H3;4,7H,1,5-6H2,2-3H3/b;10-9+;/t19-,20+,22-,23+,24-,25-,29-,30+;20-,21+,24-,25+,26-,27-,28-,29+;/m00./s1. The molecule has 0 bridgehead atoms. The van der Waals surface area contributed by atoms with Gasteiger partial charge in [0, 0.05) is 0 Å². The van der Waals surface area contributed by atoms with Crippen LogP contribution in [0.2, 0.25) is 0 Å². The van der Waals surface area contributed by atoms with Crippen molar-refractivity contribution in [2.24, 2.45) is 105 Å². The van der Waals surface area contributed by atoms with Gasteiger partial charge in [0.1, 0.15) is 0 Å². The summed E-state index contributed by atoms with van der Waals surface area (Å²) in [7, 11) is -3.38. The summed E-state index contributed by atoms with van der Waals surface area (Å²) in [5, 5.41) is 0. The third-order valence-corrected chi connectivity index (χ3v) is 26.7. The summed E-state index contributed by atoms with van der Waals surface area (Å²) in [4.78, 5) is 4.49. The summed E-state index contributed by atoms with van der Waals surface area (Å²) >= 11 is 1.33. The van der Waals surface area contributed by atoms with Gasteiger partial charge in [0.25, 0.3) is 0 Å². The molecule has 71 heavy (non-hydrogen) atoms. The topological polar surface area (TPSA) is 47.0 Å². The summed E-state index contributed by atoms with van der Waals surface area (Å²) in [6, 6.07) is 7.75. The molecular formula is C66H103NO2S2. The predicted octanol–water partition coefficient (Wildman–Crippen LogP) is 19.4. The molecule has 10 rings (SSSR count). The smallest absolute Gasteiger partial charge is 0.210 e. The molecule has 0 N–H and O–H groups in total. The first-order chi connectivity index (χ1) is 33.8. The maximum absolute atomic E-state index is 13.4. The number of fused-ring (bicyclic) bond motifs is 11. The van der Waals surface area contributed by atoms with E-state index in [0.29, 0.717) is 26.5 Å². The van der Waals surface area contributed by atoms with E-state index in [0.717, 1.165) is 81.2 Å². The Morgan fingerprint density at radius 1 is 0.662 bits per heavy atom. The lowest BCUT2D eigenvalue weighted by Gasteiger charge is -2.58. The Morgan fingerprint density at radius 2 is 1.17 bits per heavy atom. The van der Waals surface area contributed by atoms with E-state index in [1.54, 1.807) is 5.57 Å². The van der Waals surface area contributed by atoms with Crippen molar-refractivity contribution in [1.82, 2.24) is 4.98 Å².